The molecule has 5 rings (SSSR count). The third kappa shape index (κ3) is 9.76. The average Bonchev–Trinajstić information content (AvgIpc) is 3.55. The summed E-state index contributed by atoms with van der Waals surface area (Å²) in [4.78, 5) is 5.01. The number of aromatic nitrogens is 1. The zero-order valence-electron chi connectivity index (χ0n) is 32.9. The quantitative estimate of drug-likeness (QED) is 0.0440. The van der Waals surface area contributed by atoms with Crippen LogP contribution < -0.4 is 23.7 Å². The van der Waals surface area contributed by atoms with Gasteiger partial charge in [-0.05, 0) is 89.4 Å². The highest BCUT2D eigenvalue weighted by molar-refractivity contribution is 6.31. The summed E-state index contributed by atoms with van der Waals surface area (Å²) >= 11 is 0. The van der Waals surface area contributed by atoms with Crippen molar-refractivity contribution >= 4 is 43.4 Å². The molecule has 0 saturated carbocycles. The number of rotatable bonds is 25. The van der Waals surface area contributed by atoms with Crippen LogP contribution in [-0.2, 0) is 0 Å². The molecule has 1 heterocycles. The van der Waals surface area contributed by atoms with Gasteiger partial charge in [-0.1, -0.05) is 98.8 Å². The average molecular weight is 714 g/mol. The fourth-order valence-corrected chi connectivity index (χ4v) is 6.87. The highest BCUT2D eigenvalue weighted by Crippen LogP contribution is 2.48. The number of ether oxygens (including phenoxy) is 5. The van der Waals surface area contributed by atoms with Gasteiger partial charge in [-0.3, -0.25) is 0 Å². The van der Waals surface area contributed by atoms with Gasteiger partial charge in [0.25, 0.3) is 0 Å². The minimum absolute atomic E-state index is 0.608. The number of hydrogen-bond donors (Lipinski definition) is 0. The zero-order valence-corrected chi connectivity index (χ0v) is 32.9. The first-order valence-corrected chi connectivity index (χ1v) is 20.5. The molecule has 0 radical (unpaired) electrons. The number of benzene rings is 4. The number of fused-ring (bicyclic) bond motifs is 8. The van der Waals surface area contributed by atoms with Crippen LogP contribution in [0.5, 0.6) is 28.7 Å². The predicted molar refractivity (Wildman–Crippen MR) is 216 cm³/mol. The van der Waals surface area contributed by atoms with Crippen LogP contribution in [0.15, 0.2) is 34.7 Å². The van der Waals surface area contributed by atoms with Gasteiger partial charge >= 0.3 is 0 Å². The van der Waals surface area contributed by atoms with Crippen molar-refractivity contribution in [3.8, 4) is 28.7 Å². The van der Waals surface area contributed by atoms with Crippen LogP contribution in [0.25, 0.3) is 43.4 Å². The Labute approximate surface area is 311 Å². The molecule has 0 N–H and O–H groups in total. The monoisotopic (exact) mass is 713 g/mol. The van der Waals surface area contributed by atoms with Crippen LogP contribution in [0.3, 0.4) is 0 Å². The lowest BCUT2D eigenvalue weighted by atomic mass is 9.92. The first-order chi connectivity index (χ1) is 25.5. The lowest BCUT2D eigenvalue weighted by Crippen LogP contribution is -2.04. The Balaban J connectivity index is 1.79. The molecule has 7 heteroatoms. The summed E-state index contributed by atoms with van der Waals surface area (Å²) in [5.74, 6) is 4.42. The first-order valence-electron chi connectivity index (χ1n) is 20.5. The minimum atomic E-state index is 0.608. The van der Waals surface area contributed by atoms with Gasteiger partial charge in [0.05, 0.1) is 33.0 Å². The Kier molecular flexibility index (Phi) is 15.4. The molecule has 0 amide bonds. The van der Waals surface area contributed by atoms with Crippen LogP contribution in [-0.4, -0.2) is 38.0 Å². The van der Waals surface area contributed by atoms with Crippen molar-refractivity contribution < 1.29 is 28.1 Å². The van der Waals surface area contributed by atoms with E-state index >= 15 is 0 Å². The standard InChI is InChI=1S/C45H63NO6/c1-7-12-17-22-47-38-27-33-34-28-40(49-24-19-14-9-3)41(50-25-20-15-10-4)30-36(34)43-37(35(33)29-39(38)48-23-18-13-8-2)31-42(51-26-21-16-11-5)45-44(43)46-32(6)52-45/h27-31H,7-26H2,1-6H3. The molecule has 0 bridgehead atoms. The predicted octanol–water partition coefficient (Wildman–Crippen LogP) is 13.4. The highest BCUT2D eigenvalue weighted by atomic mass is 16.5. The van der Waals surface area contributed by atoms with Crippen molar-refractivity contribution in [1.29, 1.82) is 0 Å². The fourth-order valence-electron chi connectivity index (χ4n) is 6.87. The van der Waals surface area contributed by atoms with E-state index in [0.29, 0.717) is 44.5 Å². The van der Waals surface area contributed by atoms with Crippen molar-refractivity contribution in [3.05, 3.63) is 36.2 Å². The molecule has 0 atom stereocenters. The Morgan fingerprint density at radius 2 is 0.731 bits per heavy atom. The maximum atomic E-state index is 6.53. The van der Waals surface area contributed by atoms with Crippen LogP contribution in [0.4, 0.5) is 0 Å². The van der Waals surface area contributed by atoms with Gasteiger partial charge in [0.15, 0.2) is 40.2 Å². The molecule has 0 unspecified atom stereocenters. The number of unbranched alkanes of at least 4 members (excludes halogenated alkanes) is 10. The van der Waals surface area contributed by atoms with E-state index in [0.717, 1.165) is 163 Å². The SMILES string of the molecule is CCCCCOc1cc2c3cc(OCCCCC)c(OCCCCC)cc3c3c(cc(OCCCCC)c4oc(C)nc43)c2cc1OCCCCC. The molecule has 1 aromatic heterocycles. The molecule has 52 heavy (non-hydrogen) atoms. The van der Waals surface area contributed by atoms with Gasteiger partial charge in [0, 0.05) is 12.3 Å². The lowest BCUT2D eigenvalue weighted by molar-refractivity contribution is 0.260. The van der Waals surface area contributed by atoms with E-state index in [4.69, 9.17) is 33.1 Å². The summed E-state index contributed by atoms with van der Waals surface area (Å²) in [6.45, 7) is 16.2. The smallest absolute Gasteiger partial charge is 0.197 e. The van der Waals surface area contributed by atoms with Crippen LogP contribution in [0.1, 0.15) is 137 Å². The maximum Gasteiger partial charge on any atom is 0.197 e. The van der Waals surface area contributed by atoms with E-state index < -0.39 is 0 Å². The Morgan fingerprint density at radius 3 is 1.10 bits per heavy atom. The van der Waals surface area contributed by atoms with Crippen molar-refractivity contribution in [1.82, 2.24) is 4.98 Å². The molecule has 7 nitrogen and oxygen atoms in total. The molecule has 5 aromatic rings. The Morgan fingerprint density at radius 1 is 0.423 bits per heavy atom. The van der Waals surface area contributed by atoms with E-state index in [2.05, 4.69) is 65.0 Å². The van der Waals surface area contributed by atoms with Crippen molar-refractivity contribution in [3.63, 3.8) is 0 Å². The van der Waals surface area contributed by atoms with E-state index in [-0.39, 0.29) is 0 Å². The number of hydrogen-bond acceptors (Lipinski definition) is 7. The highest BCUT2D eigenvalue weighted by Gasteiger charge is 2.23. The second-order valence-corrected chi connectivity index (χ2v) is 14.2. The van der Waals surface area contributed by atoms with Crippen LogP contribution >= 0.6 is 0 Å². The molecule has 0 spiro atoms. The largest absolute Gasteiger partial charge is 0.490 e. The molecular weight excluding hydrogens is 650 g/mol. The molecule has 0 aliphatic carbocycles. The molecule has 0 saturated heterocycles. The first kappa shape index (κ1) is 39.3. The minimum Gasteiger partial charge on any atom is -0.490 e. The molecule has 0 fully saturated rings. The van der Waals surface area contributed by atoms with Gasteiger partial charge in [-0.15, -0.1) is 0 Å². The maximum absolute atomic E-state index is 6.53. The Bertz CT molecular complexity index is 1810. The summed E-state index contributed by atoms with van der Waals surface area (Å²) in [6.07, 6.45) is 16.3. The van der Waals surface area contributed by atoms with Gasteiger partial charge in [-0.25, -0.2) is 4.98 Å². The zero-order chi connectivity index (χ0) is 36.7. The topological polar surface area (TPSA) is 72.2 Å². The van der Waals surface area contributed by atoms with Gasteiger partial charge in [0.1, 0.15) is 5.52 Å². The normalized spacial score (nSPS) is 11.7. The number of aryl methyl sites for hydroxylation is 1. The summed E-state index contributed by atoms with van der Waals surface area (Å²) < 4.78 is 38.9. The molecular formula is C45H63NO6. The second-order valence-electron chi connectivity index (χ2n) is 14.2. The number of nitrogens with zero attached hydrogens (tertiary/aromatic N) is 1. The van der Waals surface area contributed by atoms with E-state index in [9.17, 15) is 0 Å². The Hall–Kier alpha value is -3.87. The second kappa shape index (κ2) is 20.4. The van der Waals surface area contributed by atoms with E-state index in [1.54, 1.807) is 0 Å². The summed E-state index contributed by atoms with van der Waals surface area (Å²) in [6, 6.07) is 10.8. The van der Waals surface area contributed by atoms with Gasteiger partial charge in [-0.2, -0.15) is 0 Å². The molecule has 0 aliphatic rings. The third-order valence-corrected chi connectivity index (χ3v) is 9.78. The lowest BCUT2D eigenvalue weighted by Gasteiger charge is -2.20. The van der Waals surface area contributed by atoms with Crippen LogP contribution in [0, 0.1) is 6.92 Å². The summed E-state index contributed by atoms with van der Waals surface area (Å²) in [5.41, 5.74) is 1.48. The van der Waals surface area contributed by atoms with E-state index in [1.807, 2.05) is 6.92 Å². The summed E-state index contributed by atoms with van der Waals surface area (Å²) in [5, 5.41) is 6.28. The van der Waals surface area contributed by atoms with E-state index in [1.165, 1.54) is 0 Å². The van der Waals surface area contributed by atoms with Crippen molar-refractivity contribution in [2.24, 2.45) is 0 Å². The summed E-state index contributed by atoms with van der Waals surface area (Å²) in [7, 11) is 0. The van der Waals surface area contributed by atoms with Crippen molar-refractivity contribution in [2.75, 3.05) is 33.0 Å². The third-order valence-electron chi connectivity index (χ3n) is 9.78. The molecule has 4 aromatic carbocycles. The fraction of sp³-hybridized carbons (Fsp3) is 0.578. The molecule has 0 aliphatic heterocycles. The van der Waals surface area contributed by atoms with Crippen molar-refractivity contribution in [2.45, 2.75) is 138 Å². The number of oxazole rings is 1. The van der Waals surface area contributed by atoms with Gasteiger partial charge < -0.3 is 28.1 Å². The van der Waals surface area contributed by atoms with Crippen LogP contribution in [0.2, 0.25) is 0 Å². The van der Waals surface area contributed by atoms with Gasteiger partial charge in [0.2, 0.25) is 0 Å². The molecule has 284 valence electrons.